The van der Waals surface area contributed by atoms with Gasteiger partial charge in [-0.25, -0.2) is 4.98 Å². The number of methoxy groups -OCH3 is 1. The molecule has 130 valence electrons. The Hall–Kier alpha value is -2.37. The van der Waals surface area contributed by atoms with E-state index < -0.39 is 0 Å². The number of ether oxygens (including phenoxy) is 2. The van der Waals surface area contributed by atoms with Gasteiger partial charge in [-0.05, 0) is 37.0 Å². The number of para-hydroxylation sites is 1. The summed E-state index contributed by atoms with van der Waals surface area (Å²) in [5, 5.41) is 9.75. The third-order valence-electron chi connectivity index (χ3n) is 4.70. The van der Waals surface area contributed by atoms with Crippen LogP contribution in [0.2, 0.25) is 0 Å². The Morgan fingerprint density at radius 3 is 2.36 bits per heavy atom. The second-order valence-corrected chi connectivity index (χ2v) is 6.40. The van der Waals surface area contributed by atoms with Gasteiger partial charge in [0.1, 0.15) is 5.75 Å². The highest BCUT2D eigenvalue weighted by Crippen LogP contribution is 2.36. The van der Waals surface area contributed by atoms with Crippen LogP contribution in [-0.2, 0) is 9.47 Å². The molecule has 5 nitrogen and oxygen atoms in total. The number of hydrogen-bond donors (Lipinski definition) is 1. The standard InChI is InChI=1S/C15H13NO3.C5H8O/c1-18-14(10-6-3-2-4-7-10)15-16-13-11(17)8-5-9-12(13)19-15;1-2-5-3-4(1)6-5/h2-9,14,17H,1H3;4-5H,1-3H2. The average molecular weight is 339 g/mol. The van der Waals surface area contributed by atoms with E-state index in [1.54, 1.807) is 25.3 Å². The SMILES string of the molecule is C1CC2CC1O2.COC(c1ccccc1)c1nc2c(O)cccc2o1. The lowest BCUT2D eigenvalue weighted by molar-refractivity contribution is -0.0647. The monoisotopic (exact) mass is 339 g/mol. The number of rotatable bonds is 3. The van der Waals surface area contributed by atoms with Gasteiger partial charge >= 0.3 is 0 Å². The highest BCUT2D eigenvalue weighted by molar-refractivity contribution is 5.79. The lowest BCUT2D eigenvalue weighted by Gasteiger charge is -2.23. The van der Waals surface area contributed by atoms with Crippen molar-refractivity contribution in [1.29, 1.82) is 0 Å². The molecule has 25 heavy (non-hydrogen) atoms. The topological polar surface area (TPSA) is 64.7 Å². The highest BCUT2D eigenvalue weighted by Gasteiger charge is 2.36. The third kappa shape index (κ3) is 3.25. The molecule has 3 aliphatic rings. The number of phenols is 1. The minimum Gasteiger partial charge on any atom is -0.506 e. The maximum atomic E-state index is 9.75. The molecule has 2 saturated heterocycles. The third-order valence-corrected chi connectivity index (χ3v) is 4.70. The van der Waals surface area contributed by atoms with Crippen LogP contribution in [0.25, 0.3) is 11.1 Å². The molecule has 2 bridgehead atoms. The van der Waals surface area contributed by atoms with Gasteiger partial charge in [-0.3, -0.25) is 0 Å². The van der Waals surface area contributed by atoms with Crippen LogP contribution in [0.1, 0.15) is 36.8 Å². The molecule has 2 aromatic carbocycles. The van der Waals surface area contributed by atoms with Crippen LogP contribution in [0.5, 0.6) is 5.75 Å². The van der Waals surface area contributed by atoms with Gasteiger partial charge in [0.05, 0.1) is 12.2 Å². The molecule has 3 fully saturated rings. The second-order valence-electron chi connectivity index (χ2n) is 6.40. The molecule has 1 aliphatic carbocycles. The van der Waals surface area contributed by atoms with E-state index in [-0.39, 0.29) is 11.9 Å². The Bertz CT molecular complexity index is 826. The number of hydrogen-bond acceptors (Lipinski definition) is 5. The van der Waals surface area contributed by atoms with Crippen molar-refractivity contribution >= 4 is 11.1 Å². The largest absolute Gasteiger partial charge is 0.506 e. The van der Waals surface area contributed by atoms with Crippen molar-refractivity contribution in [3.63, 3.8) is 0 Å². The van der Waals surface area contributed by atoms with Crippen LogP contribution in [-0.4, -0.2) is 29.4 Å². The van der Waals surface area contributed by atoms with Gasteiger partial charge in [0.15, 0.2) is 17.2 Å². The van der Waals surface area contributed by atoms with Crippen LogP contribution in [0.15, 0.2) is 52.9 Å². The Morgan fingerprint density at radius 2 is 1.80 bits per heavy atom. The molecule has 5 heteroatoms. The Morgan fingerprint density at radius 1 is 1.08 bits per heavy atom. The van der Waals surface area contributed by atoms with Crippen LogP contribution >= 0.6 is 0 Å². The van der Waals surface area contributed by atoms with Gasteiger partial charge in [0, 0.05) is 7.11 Å². The number of aromatic hydroxyl groups is 1. The fourth-order valence-corrected chi connectivity index (χ4v) is 3.37. The van der Waals surface area contributed by atoms with Gasteiger partial charge in [-0.1, -0.05) is 36.4 Å². The summed E-state index contributed by atoms with van der Waals surface area (Å²) in [6, 6.07) is 14.8. The molecule has 0 amide bonds. The molecular formula is C20H21NO4. The van der Waals surface area contributed by atoms with Crippen molar-refractivity contribution < 1.29 is 19.0 Å². The van der Waals surface area contributed by atoms with E-state index >= 15 is 0 Å². The number of phenolic OH excluding ortho intramolecular Hbond substituents is 1. The summed E-state index contributed by atoms with van der Waals surface area (Å²) in [5.74, 6) is 0.542. The zero-order valence-electron chi connectivity index (χ0n) is 14.1. The van der Waals surface area contributed by atoms with Crippen molar-refractivity contribution in [3.05, 3.63) is 60.0 Å². The lowest BCUT2D eigenvalue weighted by atomic mass is 10.1. The summed E-state index contributed by atoms with van der Waals surface area (Å²) in [7, 11) is 1.60. The fraction of sp³-hybridized carbons (Fsp3) is 0.350. The number of oxazole rings is 1. The van der Waals surface area contributed by atoms with E-state index in [1.807, 2.05) is 30.3 Å². The minimum atomic E-state index is -0.381. The van der Waals surface area contributed by atoms with Crippen LogP contribution < -0.4 is 0 Å². The molecular weight excluding hydrogens is 318 g/mol. The molecule has 0 spiro atoms. The van der Waals surface area contributed by atoms with Crippen LogP contribution in [0, 0.1) is 0 Å². The highest BCUT2D eigenvalue weighted by atomic mass is 16.5. The maximum Gasteiger partial charge on any atom is 0.229 e. The summed E-state index contributed by atoms with van der Waals surface area (Å²) in [5.41, 5.74) is 1.96. The van der Waals surface area contributed by atoms with E-state index in [9.17, 15) is 5.11 Å². The van der Waals surface area contributed by atoms with Crippen molar-refractivity contribution in [2.75, 3.05) is 7.11 Å². The van der Waals surface area contributed by atoms with E-state index in [0.29, 0.717) is 29.2 Å². The van der Waals surface area contributed by atoms with E-state index in [4.69, 9.17) is 13.9 Å². The number of nitrogens with zero attached hydrogens (tertiary/aromatic N) is 1. The quantitative estimate of drug-likeness (QED) is 0.774. The van der Waals surface area contributed by atoms with Crippen molar-refractivity contribution in [3.8, 4) is 5.75 Å². The second kappa shape index (κ2) is 6.86. The first-order valence-corrected chi connectivity index (χ1v) is 8.56. The minimum absolute atomic E-state index is 0.107. The average Bonchev–Trinajstić information content (AvgIpc) is 3.33. The predicted octanol–water partition coefficient (Wildman–Crippen LogP) is 4.21. The molecule has 1 N–H and O–H groups in total. The van der Waals surface area contributed by atoms with E-state index in [2.05, 4.69) is 4.98 Å². The fourth-order valence-electron chi connectivity index (χ4n) is 3.37. The molecule has 3 heterocycles. The summed E-state index contributed by atoms with van der Waals surface area (Å²) in [4.78, 5) is 4.32. The molecule has 3 atom stereocenters. The summed E-state index contributed by atoms with van der Waals surface area (Å²) < 4.78 is 16.4. The first-order valence-electron chi connectivity index (χ1n) is 8.56. The van der Waals surface area contributed by atoms with Gasteiger partial charge in [-0.2, -0.15) is 0 Å². The van der Waals surface area contributed by atoms with E-state index in [1.165, 1.54) is 19.3 Å². The van der Waals surface area contributed by atoms with Crippen LogP contribution in [0.4, 0.5) is 0 Å². The first kappa shape index (κ1) is 16.1. The Balaban J connectivity index is 0.000000217. The van der Waals surface area contributed by atoms with Crippen molar-refractivity contribution in [1.82, 2.24) is 4.98 Å². The maximum absolute atomic E-state index is 9.75. The molecule has 3 aromatic rings. The normalized spacial score (nSPS) is 22.1. The van der Waals surface area contributed by atoms with E-state index in [0.717, 1.165) is 5.56 Å². The smallest absolute Gasteiger partial charge is 0.229 e. The Kier molecular flexibility index (Phi) is 4.42. The summed E-state index contributed by atoms with van der Waals surface area (Å²) in [6.45, 7) is 0. The molecule has 3 unspecified atom stereocenters. The summed E-state index contributed by atoms with van der Waals surface area (Å²) >= 11 is 0. The molecule has 0 radical (unpaired) electrons. The molecule has 6 rings (SSSR count). The van der Waals surface area contributed by atoms with Crippen molar-refractivity contribution in [2.24, 2.45) is 0 Å². The molecule has 1 aromatic heterocycles. The van der Waals surface area contributed by atoms with Crippen LogP contribution in [0.3, 0.4) is 0 Å². The Labute approximate surface area is 146 Å². The van der Waals surface area contributed by atoms with Gasteiger partial charge in [-0.15, -0.1) is 0 Å². The zero-order valence-corrected chi connectivity index (χ0v) is 14.1. The number of benzene rings is 2. The molecule has 2 aliphatic heterocycles. The summed E-state index contributed by atoms with van der Waals surface area (Å²) in [6.07, 6.45) is 5.04. The van der Waals surface area contributed by atoms with Crippen molar-refractivity contribution in [2.45, 2.75) is 37.6 Å². The predicted molar refractivity (Wildman–Crippen MR) is 93.5 cm³/mol. The first-order chi connectivity index (χ1) is 12.2. The van der Waals surface area contributed by atoms with Gasteiger partial charge in [0.25, 0.3) is 0 Å². The van der Waals surface area contributed by atoms with Gasteiger partial charge in [0.2, 0.25) is 5.89 Å². The number of aromatic nitrogens is 1. The molecule has 1 saturated carbocycles. The number of fused-ring (bicyclic) bond motifs is 2. The van der Waals surface area contributed by atoms with Gasteiger partial charge < -0.3 is 19.0 Å². The zero-order chi connectivity index (χ0) is 17.2. The lowest BCUT2D eigenvalue weighted by Crippen LogP contribution is -2.25.